The van der Waals surface area contributed by atoms with Crippen LogP contribution < -0.4 is 4.90 Å². The molecule has 3 rings (SSSR count). The first-order valence-electron chi connectivity index (χ1n) is 8.82. The minimum absolute atomic E-state index is 0.137. The molecule has 0 fully saturated rings. The van der Waals surface area contributed by atoms with Crippen molar-refractivity contribution in [3.8, 4) is 0 Å². The number of pyridine rings is 1. The van der Waals surface area contributed by atoms with Gasteiger partial charge in [-0.2, -0.15) is 0 Å². The fourth-order valence-corrected chi connectivity index (χ4v) is 3.12. The summed E-state index contributed by atoms with van der Waals surface area (Å²) >= 11 is 3.41. The van der Waals surface area contributed by atoms with Crippen molar-refractivity contribution in [2.24, 2.45) is 0 Å². The number of carbonyl (C=O) groups excluding carboxylic acids is 2. The van der Waals surface area contributed by atoms with Gasteiger partial charge < -0.3 is 9.64 Å². The highest BCUT2D eigenvalue weighted by molar-refractivity contribution is 9.10. The number of nitrogens with zero attached hydrogens (tertiary/aromatic N) is 2. The number of rotatable bonds is 6. The average Bonchev–Trinajstić information content (AvgIpc) is 2.72. The molecule has 6 heteroatoms. The molecule has 0 bridgehead atoms. The Bertz CT molecular complexity index is 959. The summed E-state index contributed by atoms with van der Waals surface area (Å²) in [6.07, 6.45) is 3.39. The zero-order chi connectivity index (χ0) is 19.9. The van der Waals surface area contributed by atoms with Crippen LogP contribution in [0.2, 0.25) is 0 Å². The van der Waals surface area contributed by atoms with Gasteiger partial charge in [-0.1, -0.05) is 22.0 Å². The van der Waals surface area contributed by atoms with Gasteiger partial charge in [0, 0.05) is 28.1 Å². The summed E-state index contributed by atoms with van der Waals surface area (Å²) < 4.78 is 5.86. The first kappa shape index (κ1) is 19.8. The summed E-state index contributed by atoms with van der Waals surface area (Å²) in [4.78, 5) is 30.8. The molecule has 0 N–H and O–H groups in total. The number of halogens is 1. The van der Waals surface area contributed by atoms with Crippen LogP contribution >= 0.6 is 15.9 Å². The summed E-state index contributed by atoms with van der Waals surface area (Å²) in [5.41, 5.74) is 2.66. The maximum Gasteiger partial charge on any atom is 0.338 e. The van der Waals surface area contributed by atoms with E-state index in [1.54, 1.807) is 60.6 Å². The Kier molecular flexibility index (Phi) is 6.55. The monoisotopic (exact) mass is 438 g/mol. The first-order valence-corrected chi connectivity index (χ1v) is 9.61. The van der Waals surface area contributed by atoms with E-state index in [2.05, 4.69) is 20.9 Å². The van der Waals surface area contributed by atoms with Gasteiger partial charge in [0.1, 0.15) is 0 Å². The topological polar surface area (TPSA) is 59.5 Å². The fourth-order valence-electron chi connectivity index (χ4n) is 2.72. The molecule has 0 aliphatic carbocycles. The molecule has 3 aromatic rings. The van der Waals surface area contributed by atoms with Crippen LogP contribution in [0.4, 0.5) is 5.69 Å². The second-order valence-corrected chi connectivity index (χ2v) is 6.94. The number of hydrogen-bond acceptors (Lipinski definition) is 4. The van der Waals surface area contributed by atoms with Gasteiger partial charge in [-0.05, 0) is 67.1 Å². The van der Waals surface area contributed by atoms with E-state index in [1.807, 2.05) is 24.3 Å². The lowest BCUT2D eigenvalue weighted by atomic mass is 10.1. The summed E-state index contributed by atoms with van der Waals surface area (Å²) in [5, 5.41) is 0. The third-order valence-electron chi connectivity index (χ3n) is 4.10. The molecule has 0 radical (unpaired) electrons. The molecule has 1 amide bonds. The molecule has 0 saturated heterocycles. The van der Waals surface area contributed by atoms with Crippen molar-refractivity contribution in [2.45, 2.75) is 13.5 Å². The van der Waals surface area contributed by atoms with Crippen LogP contribution in [0.5, 0.6) is 0 Å². The Morgan fingerprint density at radius 2 is 1.71 bits per heavy atom. The Morgan fingerprint density at radius 1 is 1.00 bits per heavy atom. The third-order valence-corrected chi connectivity index (χ3v) is 4.59. The molecule has 0 aliphatic heterocycles. The number of benzene rings is 2. The smallest absolute Gasteiger partial charge is 0.338 e. The minimum Gasteiger partial charge on any atom is -0.462 e. The van der Waals surface area contributed by atoms with Crippen LogP contribution in [0.3, 0.4) is 0 Å². The first-order chi connectivity index (χ1) is 13.6. The SMILES string of the molecule is CCOC(=O)c1ccc(N(Cc2ccncc2)C(=O)c2cccc(Br)c2)cc1. The predicted octanol–water partition coefficient (Wildman–Crippen LogP) is 4.87. The van der Waals surface area contributed by atoms with Gasteiger partial charge in [0.25, 0.3) is 5.91 Å². The van der Waals surface area contributed by atoms with E-state index in [4.69, 9.17) is 4.74 Å². The second-order valence-electron chi connectivity index (χ2n) is 6.02. The molecule has 2 aromatic carbocycles. The lowest BCUT2D eigenvalue weighted by Gasteiger charge is -2.23. The average molecular weight is 439 g/mol. The fraction of sp³-hybridized carbons (Fsp3) is 0.136. The van der Waals surface area contributed by atoms with Gasteiger partial charge in [0.05, 0.1) is 18.7 Å². The number of hydrogen-bond donors (Lipinski definition) is 0. The van der Waals surface area contributed by atoms with Gasteiger partial charge in [-0.15, -0.1) is 0 Å². The molecule has 0 aliphatic rings. The van der Waals surface area contributed by atoms with Crippen molar-refractivity contribution in [1.82, 2.24) is 4.98 Å². The minimum atomic E-state index is -0.381. The van der Waals surface area contributed by atoms with Crippen molar-refractivity contribution < 1.29 is 14.3 Å². The molecule has 0 unspecified atom stereocenters. The van der Waals surface area contributed by atoms with Gasteiger partial charge in [-0.3, -0.25) is 9.78 Å². The van der Waals surface area contributed by atoms with E-state index >= 15 is 0 Å². The normalized spacial score (nSPS) is 10.4. The molecule has 0 spiro atoms. The lowest BCUT2D eigenvalue weighted by molar-refractivity contribution is 0.0526. The summed E-state index contributed by atoms with van der Waals surface area (Å²) in [6, 6.07) is 17.8. The van der Waals surface area contributed by atoms with Gasteiger partial charge in [0.2, 0.25) is 0 Å². The number of anilines is 1. The van der Waals surface area contributed by atoms with Crippen LogP contribution in [-0.2, 0) is 11.3 Å². The van der Waals surface area contributed by atoms with Gasteiger partial charge in [0.15, 0.2) is 0 Å². The molecular weight excluding hydrogens is 420 g/mol. The largest absolute Gasteiger partial charge is 0.462 e. The zero-order valence-corrected chi connectivity index (χ0v) is 16.9. The Labute approximate surface area is 172 Å². The molecule has 0 atom stereocenters. The number of esters is 1. The van der Waals surface area contributed by atoms with Crippen molar-refractivity contribution in [1.29, 1.82) is 0 Å². The van der Waals surface area contributed by atoms with Crippen LogP contribution in [0.15, 0.2) is 77.5 Å². The standard InChI is InChI=1S/C22H19BrN2O3/c1-2-28-22(27)17-6-8-20(9-7-17)25(15-16-10-12-24-13-11-16)21(26)18-4-3-5-19(23)14-18/h3-14H,2,15H2,1H3. The molecule has 1 aromatic heterocycles. The molecule has 28 heavy (non-hydrogen) atoms. The number of aromatic nitrogens is 1. The molecule has 5 nitrogen and oxygen atoms in total. The van der Waals surface area contributed by atoms with Gasteiger partial charge >= 0.3 is 5.97 Å². The third kappa shape index (κ3) is 4.84. The molecular formula is C22H19BrN2O3. The van der Waals surface area contributed by atoms with Crippen molar-refractivity contribution >= 4 is 33.5 Å². The van der Waals surface area contributed by atoms with Crippen LogP contribution in [0, 0.1) is 0 Å². The summed E-state index contributed by atoms with van der Waals surface area (Å²) in [5.74, 6) is -0.518. The van der Waals surface area contributed by atoms with E-state index in [0.717, 1.165) is 10.0 Å². The maximum atomic E-state index is 13.2. The highest BCUT2D eigenvalue weighted by atomic mass is 79.9. The Morgan fingerprint density at radius 3 is 2.36 bits per heavy atom. The molecule has 1 heterocycles. The van der Waals surface area contributed by atoms with Crippen LogP contribution in [-0.4, -0.2) is 23.5 Å². The maximum absolute atomic E-state index is 13.2. The molecule has 142 valence electrons. The zero-order valence-electron chi connectivity index (χ0n) is 15.3. The lowest BCUT2D eigenvalue weighted by Crippen LogP contribution is -2.30. The summed E-state index contributed by atoms with van der Waals surface area (Å²) in [7, 11) is 0. The quantitative estimate of drug-likeness (QED) is 0.515. The van der Waals surface area contributed by atoms with E-state index < -0.39 is 0 Å². The Balaban J connectivity index is 1.94. The van der Waals surface area contributed by atoms with Crippen molar-refractivity contribution in [3.05, 3.63) is 94.2 Å². The summed E-state index contributed by atoms with van der Waals surface area (Å²) in [6.45, 7) is 2.46. The van der Waals surface area contributed by atoms with E-state index in [9.17, 15) is 9.59 Å². The van der Waals surface area contributed by atoms with E-state index in [-0.39, 0.29) is 11.9 Å². The highest BCUT2D eigenvalue weighted by Gasteiger charge is 2.19. The predicted molar refractivity (Wildman–Crippen MR) is 111 cm³/mol. The Hall–Kier alpha value is -2.99. The molecule has 0 saturated carbocycles. The van der Waals surface area contributed by atoms with Crippen molar-refractivity contribution in [2.75, 3.05) is 11.5 Å². The van der Waals surface area contributed by atoms with Crippen LogP contribution in [0.1, 0.15) is 33.2 Å². The number of ether oxygens (including phenoxy) is 1. The van der Waals surface area contributed by atoms with Crippen molar-refractivity contribution in [3.63, 3.8) is 0 Å². The second kappa shape index (κ2) is 9.28. The van der Waals surface area contributed by atoms with Crippen LogP contribution in [0.25, 0.3) is 0 Å². The van der Waals surface area contributed by atoms with E-state index in [1.165, 1.54) is 0 Å². The number of carbonyl (C=O) groups is 2. The number of amides is 1. The van der Waals surface area contributed by atoms with E-state index in [0.29, 0.717) is 30.0 Å². The van der Waals surface area contributed by atoms with Gasteiger partial charge in [-0.25, -0.2) is 4.79 Å². The highest BCUT2D eigenvalue weighted by Crippen LogP contribution is 2.22.